The quantitative estimate of drug-likeness (QED) is 0.126. The number of aliphatic hydroxyl groups is 1. The molecule has 0 bridgehead atoms. The molecule has 0 amide bonds. The van der Waals surface area contributed by atoms with Gasteiger partial charge in [-0.05, 0) is 35.4 Å². The second-order valence-corrected chi connectivity index (χ2v) is 13.5. The summed E-state index contributed by atoms with van der Waals surface area (Å²) in [6, 6.07) is 11.7. The van der Waals surface area contributed by atoms with Crippen LogP contribution in [0.3, 0.4) is 0 Å². The van der Waals surface area contributed by atoms with Crippen molar-refractivity contribution in [2.75, 3.05) is 18.9 Å². The number of nitrogen functional groups attached to an aromatic ring is 1. The number of hydrogen-bond acceptors (Lipinski definition) is 11. The molecule has 1 fully saturated rings. The van der Waals surface area contributed by atoms with Gasteiger partial charge in [0.15, 0.2) is 11.5 Å². The highest BCUT2D eigenvalue weighted by molar-refractivity contribution is 7.52. The van der Waals surface area contributed by atoms with Crippen molar-refractivity contribution >= 4 is 53.1 Å². The van der Waals surface area contributed by atoms with Crippen LogP contribution in [-0.2, 0) is 23.4 Å². The van der Waals surface area contributed by atoms with Crippen molar-refractivity contribution in [2.45, 2.75) is 58.6 Å². The Morgan fingerprint density at radius 3 is 2.74 bits per heavy atom. The molecule has 4 N–H and O–H groups in total. The highest BCUT2D eigenvalue weighted by atomic mass is 35.5. The van der Waals surface area contributed by atoms with Crippen LogP contribution >= 0.6 is 19.3 Å². The first-order chi connectivity index (χ1) is 20.4. The number of aromatic nitrogens is 4. The average molecular weight is 633 g/mol. The van der Waals surface area contributed by atoms with Crippen molar-refractivity contribution in [3.63, 3.8) is 0 Å². The van der Waals surface area contributed by atoms with Gasteiger partial charge >= 0.3 is 13.7 Å². The first-order valence-electron chi connectivity index (χ1n) is 13.7. The van der Waals surface area contributed by atoms with E-state index in [1.807, 2.05) is 51.1 Å². The van der Waals surface area contributed by atoms with Gasteiger partial charge in [-0.15, -0.1) is 0 Å². The van der Waals surface area contributed by atoms with E-state index in [1.165, 1.54) is 13.3 Å². The fraction of sp³-hybridized carbons (Fsp3) is 0.429. The number of imidazole rings is 1. The van der Waals surface area contributed by atoms with Gasteiger partial charge in [-0.1, -0.05) is 57.2 Å². The lowest BCUT2D eigenvalue weighted by atomic mass is 9.99. The number of carbonyl (C=O) groups is 1. The molecule has 0 spiro atoms. The van der Waals surface area contributed by atoms with E-state index < -0.39 is 44.8 Å². The monoisotopic (exact) mass is 632 g/mol. The lowest BCUT2D eigenvalue weighted by molar-refractivity contribution is -0.148. The Hall–Kier alpha value is -3.32. The number of fused-ring (bicyclic) bond motifs is 2. The first kappa shape index (κ1) is 31.1. The number of anilines is 1. The van der Waals surface area contributed by atoms with Crippen molar-refractivity contribution in [3.05, 3.63) is 54.1 Å². The maximum absolute atomic E-state index is 14.5. The number of nitrogens with one attached hydrogen (secondary N) is 1. The summed E-state index contributed by atoms with van der Waals surface area (Å²) in [5.74, 6) is -0.246. The second kappa shape index (κ2) is 12.4. The SMILES string of the molecule is CC(NP(=O)(Oc1cccc2ccccc12)OC1CC(n2cnc3c(N)nc(Cl)nc32)OC1CO)C(=O)OCC(C)(C)C. The average Bonchev–Trinajstić information content (AvgIpc) is 3.55. The first-order valence-corrected chi connectivity index (χ1v) is 15.6. The molecule has 0 radical (unpaired) electrons. The molecule has 43 heavy (non-hydrogen) atoms. The van der Waals surface area contributed by atoms with Crippen LogP contribution in [0.4, 0.5) is 5.82 Å². The van der Waals surface area contributed by atoms with Crippen molar-refractivity contribution in [1.29, 1.82) is 0 Å². The third kappa shape index (κ3) is 7.09. The minimum Gasteiger partial charge on any atom is -0.464 e. The smallest absolute Gasteiger partial charge is 0.459 e. The van der Waals surface area contributed by atoms with Gasteiger partial charge in [0.2, 0.25) is 5.28 Å². The molecule has 5 rings (SSSR count). The molecule has 3 heterocycles. The minimum absolute atomic E-state index is 0.0687. The summed E-state index contributed by atoms with van der Waals surface area (Å²) in [6.45, 7) is 7.01. The fourth-order valence-electron chi connectivity index (χ4n) is 4.63. The summed E-state index contributed by atoms with van der Waals surface area (Å²) in [6.07, 6.45) is -1.01. The molecule has 5 unspecified atom stereocenters. The molecular weight excluding hydrogens is 599 g/mol. The topological polar surface area (TPSA) is 173 Å². The molecule has 1 saturated heterocycles. The van der Waals surface area contributed by atoms with Crippen LogP contribution < -0.4 is 15.3 Å². The number of rotatable bonds is 10. The number of carbonyl (C=O) groups excluding carboxylic acids is 1. The zero-order chi connectivity index (χ0) is 30.9. The third-order valence-electron chi connectivity index (χ3n) is 6.69. The fourth-order valence-corrected chi connectivity index (χ4v) is 6.54. The van der Waals surface area contributed by atoms with Gasteiger partial charge in [0.1, 0.15) is 35.7 Å². The van der Waals surface area contributed by atoms with Crippen LogP contribution in [0.25, 0.3) is 21.9 Å². The number of nitrogens with zero attached hydrogens (tertiary/aromatic N) is 4. The molecule has 0 aliphatic carbocycles. The van der Waals surface area contributed by atoms with E-state index in [2.05, 4.69) is 20.0 Å². The Morgan fingerprint density at radius 1 is 1.26 bits per heavy atom. The van der Waals surface area contributed by atoms with Crippen molar-refractivity contribution in [1.82, 2.24) is 24.6 Å². The number of nitrogens with two attached hydrogens (primary N) is 1. The van der Waals surface area contributed by atoms with E-state index in [1.54, 1.807) is 16.7 Å². The Bertz CT molecular complexity index is 1670. The Kier molecular flexibility index (Phi) is 8.94. The highest BCUT2D eigenvalue weighted by Crippen LogP contribution is 2.50. The van der Waals surface area contributed by atoms with Crippen LogP contribution in [0.1, 0.15) is 40.3 Å². The van der Waals surface area contributed by atoms with E-state index in [-0.39, 0.29) is 35.3 Å². The highest BCUT2D eigenvalue weighted by Gasteiger charge is 2.44. The predicted octanol–water partition coefficient (Wildman–Crippen LogP) is 4.63. The third-order valence-corrected chi connectivity index (χ3v) is 8.54. The Labute approximate surface area is 253 Å². The van der Waals surface area contributed by atoms with Crippen LogP contribution in [-0.4, -0.2) is 62.1 Å². The predicted molar refractivity (Wildman–Crippen MR) is 160 cm³/mol. The van der Waals surface area contributed by atoms with Gasteiger partial charge in [-0.25, -0.2) is 9.55 Å². The maximum atomic E-state index is 14.5. The number of halogens is 1. The summed E-state index contributed by atoms with van der Waals surface area (Å²) < 4.78 is 39.7. The molecule has 15 heteroatoms. The minimum atomic E-state index is -4.32. The van der Waals surface area contributed by atoms with Crippen LogP contribution in [0.2, 0.25) is 5.28 Å². The van der Waals surface area contributed by atoms with Gasteiger partial charge in [-0.2, -0.15) is 15.1 Å². The molecular formula is C28H34ClN6O7P. The number of hydrogen-bond donors (Lipinski definition) is 3. The summed E-state index contributed by atoms with van der Waals surface area (Å²) in [5, 5.41) is 14.4. The summed E-state index contributed by atoms with van der Waals surface area (Å²) in [4.78, 5) is 25.2. The largest absolute Gasteiger partial charge is 0.464 e. The Balaban J connectivity index is 1.43. The zero-order valence-electron chi connectivity index (χ0n) is 24.1. The van der Waals surface area contributed by atoms with Gasteiger partial charge in [-0.3, -0.25) is 13.9 Å². The van der Waals surface area contributed by atoms with Crippen molar-refractivity contribution < 1.29 is 33.0 Å². The number of ether oxygens (including phenoxy) is 2. The molecule has 13 nitrogen and oxygen atoms in total. The number of aliphatic hydroxyl groups excluding tert-OH is 1. The standard InChI is InChI=1S/C28H34ClN6O7P/c1-16(26(37)39-14-28(2,3)4)34-43(38,41-19-11-7-9-17-8-5-6-10-18(17)19)42-20-12-22(40-21(20)13-36)35-15-31-23-24(30)32-27(29)33-25(23)35/h5-11,15-16,20-22,36H,12-14H2,1-4H3,(H,34,38)(H2,30,32,33). The van der Waals surface area contributed by atoms with Crippen molar-refractivity contribution in [3.8, 4) is 5.75 Å². The summed E-state index contributed by atoms with van der Waals surface area (Å²) >= 11 is 6.02. The van der Waals surface area contributed by atoms with E-state index in [0.717, 1.165) is 5.39 Å². The molecule has 2 aromatic heterocycles. The lowest BCUT2D eigenvalue weighted by Gasteiger charge is -2.27. The van der Waals surface area contributed by atoms with Crippen LogP contribution in [0.5, 0.6) is 5.75 Å². The summed E-state index contributed by atoms with van der Waals surface area (Å²) in [7, 11) is -4.32. The molecule has 1 aliphatic rings. The molecule has 0 saturated carbocycles. The van der Waals surface area contributed by atoms with E-state index in [9.17, 15) is 14.5 Å². The normalized spacial score (nSPS) is 21.1. The van der Waals surface area contributed by atoms with E-state index in [0.29, 0.717) is 16.6 Å². The Morgan fingerprint density at radius 2 is 2.00 bits per heavy atom. The number of esters is 1. The van der Waals surface area contributed by atoms with E-state index in [4.69, 9.17) is 35.9 Å². The molecule has 4 aromatic rings. The molecule has 1 aliphatic heterocycles. The second-order valence-electron chi connectivity index (χ2n) is 11.5. The van der Waals surface area contributed by atoms with Gasteiger partial charge in [0.25, 0.3) is 0 Å². The molecule has 5 atom stereocenters. The maximum Gasteiger partial charge on any atom is 0.459 e. The molecule has 230 valence electrons. The summed E-state index contributed by atoms with van der Waals surface area (Å²) in [5.41, 5.74) is 6.33. The van der Waals surface area contributed by atoms with Gasteiger partial charge < -0.3 is 24.8 Å². The van der Waals surface area contributed by atoms with Crippen LogP contribution in [0.15, 0.2) is 48.8 Å². The molecule has 2 aromatic carbocycles. The van der Waals surface area contributed by atoms with Crippen LogP contribution in [0, 0.1) is 5.41 Å². The van der Waals surface area contributed by atoms with Gasteiger partial charge in [0.05, 0.1) is 19.5 Å². The van der Waals surface area contributed by atoms with E-state index >= 15 is 0 Å². The number of benzene rings is 2. The zero-order valence-corrected chi connectivity index (χ0v) is 25.8. The lowest BCUT2D eigenvalue weighted by Crippen LogP contribution is -2.38. The van der Waals surface area contributed by atoms with Crippen molar-refractivity contribution in [2.24, 2.45) is 5.41 Å². The van der Waals surface area contributed by atoms with Gasteiger partial charge in [0, 0.05) is 11.8 Å².